The van der Waals surface area contributed by atoms with Crippen molar-refractivity contribution in [3.05, 3.63) is 71.1 Å². The normalized spacial score (nSPS) is 14.1. The predicted molar refractivity (Wildman–Crippen MR) is 122 cm³/mol. The van der Waals surface area contributed by atoms with Gasteiger partial charge in [0.25, 0.3) is 5.89 Å². The lowest BCUT2D eigenvalue weighted by atomic mass is 10.1. The number of aromatic nitrogens is 2. The van der Waals surface area contributed by atoms with Gasteiger partial charge < -0.3 is 19.1 Å². The standard InChI is InChI=1S/C24H21N3O5S/c1-15-11-20(14-27-12-19(13-27)31-24(28)29)33-21(15)22-25-23(32-26-22)16-7-9-18(10-8-16)30-17-5-3-2-4-6-17/h2-11,19H,12-14H2,1H3,(H,28,29). The van der Waals surface area contributed by atoms with Gasteiger partial charge in [-0.05, 0) is 55.0 Å². The summed E-state index contributed by atoms with van der Waals surface area (Å²) < 4.78 is 16.1. The summed E-state index contributed by atoms with van der Waals surface area (Å²) in [5, 5.41) is 12.9. The lowest BCUT2D eigenvalue weighted by molar-refractivity contribution is -0.0359. The number of likely N-dealkylation sites (tertiary alicyclic amines) is 1. The van der Waals surface area contributed by atoms with Crippen LogP contribution in [-0.2, 0) is 11.3 Å². The van der Waals surface area contributed by atoms with Crippen LogP contribution in [0.25, 0.3) is 22.2 Å². The van der Waals surface area contributed by atoms with Crippen LogP contribution in [0.4, 0.5) is 4.79 Å². The molecule has 3 heterocycles. The Labute approximate surface area is 194 Å². The number of rotatable bonds is 7. The molecule has 5 rings (SSSR count). The Balaban J connectivity index is 1.24. The van der Waals surface area contributed by atoms with E-state index in [9.17, 15) is 4.79 Å². The summed E-state index contributed by atoms with van der Waals surface area (Å²) in [4.78, 5) is 19.5. The van der Waals surface area contributed by atoms with E-state index in [0.29, 0.717) is 24.8 Å². The third kappa shape index (κ3) is 4.89. The average molecular weight is 464 g/mol. The van der Waals surface area contributed by atoms with E-state index < -0.39 is 6.16 Å². The lowest BCUT2D eigenvalue weighted by Crippen LogP contribution is -2.51. The number of ether oxygens (including phenoxy) is 2. The van der Waals surface area contributed by atoms with Crippen molar-refractivity contribution in [2.24, 2.45) is 0 Å². The average Bonchev–Trinajstić information content (AvgIpc) is 3.40. The van der Waals surface area contributed by atoms with E-state index in [2.05, 4.69) is 21.1 Å². The van der Waals surface area contributed by atoms with Crippen LogP contribution in [0.5, 0.6) is 11.5 Å². The molecule has 1 aliphatic rings. The summed E-state index contributed by atoms with van der Waals surface area (Å²) >= 11 is 1.61. The minimum Gasteiger partial charge on any atom is -0.457 e. The van der Waals surface area contributed by atoms with E-state index in [0.717, 1.165) is 38.9 Å². The maximum atomic E-state index is 10.6. The van der Waals surface area contributed by atoms with E-state index in [1.165, 1.54) is 0 Å². The van der Waals surface area contributed by atoms with Gasteiger partial charge in [-0.25, -0.2) is 4.79 Å². The minimum atomic E-state index is -1.22. The van der Waals surface area contributed by atoms with Crippen LogP contribution >= 0.6 is 11.3 Å². The number of hydrogen-bond acceptors (Lipinski definition) is 8. The summed E-state index contributed by atoms with van der Waals surface area (Å²) in [5.41, 5.74) is 1.89. The lowest BCUT2D eigenvalue weighted by Gasteiger charge is -2.37. The number of para-hydroxylation sites is 1. The molecule has 4 aromatic rings. The first kappa shape index (κ1) is 21.2. The third-order valence-corrected chi connectivity index (χ3v) is 6.47. The highest BCUT2D eigenvalue weighted by molar-refractivity contribution is 7.15. The molecule has 0 amide bonds. The van der Waals surface area contributed by atoms with Crippen LogP contribution in [0.15, 0.2) is 65.2 Å². The number of aryl methyl sites for hydroxylation is 1. The van der Waals surface area contributed by atoms with Crippen molar-refractivity contribution in [1.82, 2.24) is 15.0 Å². The quantitative estimate of drug-likeness (QED) is 0.362. The maximum Gasteiger partial charge on any atom is 0.506 e. The van der Waals surface area contributed by atoms with Crippen LogP contribution in [0.1, 0.15) is 10.4 Å². The molecule has 33 heavy (non-hydrogen) atoms. The van der Waals surface area contributed by atoms with Crippen LogP contribution in [0, 0.1) is 6.92 Å². The molecule has 0 radical (unpaired) electrons. The molecule has 0 atom stereocenters. The third-order valence-electron chi connectivity index (χ3n) is 5.25. The number of nitrogens with zero attached hydrogens (tertiary/aromatic N) is 3. The highest BCUT2D eigenvalue weighted by Gasteiger charge is 2.30. The van der Waals surface area contributed by atoms with Crippen molar-refractivity contribution in [2.75, 3.05) is 13.1 Å². The highest BCUT2D eigenvalue weighted by Crippen LogP contribution is 2.34. The topological polar surface area (TPSA) is 97.9 Å². The van der Waals surface area contributed by atoms with E-state index in [4.69, 9.17) is 19.1 Å². The second-order valence-corrected chi connectivity index (χ2v) is 8.92. The molecule has 0 spiro atoms. The number of thiophene rings is 1. The van der Waals surface area contributed by atoms with E-state index in [1.807, 2.05) is 61.5 Å². The monoisotopic (exact) mass is 463 g/mol. The van der Waals surface area contributed by atoms with E-state index >= 15 is 0 Å². The first-order chi connectivity index (χ1) is 16.0. The summed E-state index contributed by atoms with van der Waals surface area (Å²) in [6.07, 6.45) is -1.47. The first-order valence-electron chi connectivity index (χ1n) is 10.4. The second kappa shape index (κ2) is 9.05. The molecule has 1 fully saturated rings. The van der Waals surface area contributed by atoms with Crippen molar-refractivity contribution in [2.45, 2.75) is 19.6 Å². The molecule has 1 saturated heterocycles. The van der Waals surface area contributed by atoms with Crippen molar-refractivity contribution in [3.63, 3.8) is 0 Å². The summed E-state index contributed by atoms with van der Waals surface area (Å²) in [6.45, 7) is 3.97. The van der Waals surface area contributed by atoms with Crippen molar-refractivity contribution in [1.29, 1.82) is 0 Å². The molecule has 0 aliphatic carbocycles. The smallest absolute Gasteiger partial charge is 0.457 e. The largest absolute Gasteiger partial charge is 0.506 e. The molecule has 168 valence electrons. The predicted octanol–water partition coefficient (Wildman–Crippen LogP) is 5.44. The van der Waals surface area contributed by atoms with Gasteiger partial charge in [-0.1, -0.05) is 23.4 Å². The molecule has 0 saturated carbocycles. The van der Waals surface area contributed by atoms with Gasteiger partial charge in [0.1, 0.15) is 17.6 Å². The van der Waals surface area contributed by atoms with Crippen molar-refractivity contribution >= 4 is 17.5 Å². The van der Waals surface area contributed by atoms with Crippen LogP contribution in [-0.4, -0.2) is 45.5 Å². The first-order valence-corrected chi connectivity index (χ1v) is 11.2. The van der Waals surface area contributed by atoms with E-state index in [-0.39, 0.29) is 6.10 Å². The zero-order valence-corrected chi connectivity index (χ0v) is 18.6. The Morgan fingerprint density at radius 1 is 1.15 bits per heavy atom. The van der Waals surface area contributed by atoms with Gasteiger partial charge >= 0.3 is 6.16 Å². The molecule has 8 nitrogen and oxygen atoms in total. The van der Waals surface area contributed by atoms with Gasteiger partial charge in [0, 0.05) is 30.1 Å². The summed E-state index contributed by atoms with van der Waals surface area (Å²) in [7, 11) is 0. The Hall–Kier alpha value is -3.69. The van der Waals surface area contributed by atoms with Gasteiger partial charge in [0.05, 0.1) is 4.88 Å². The fourth-order valence-corrected chi connectivity index (χ4v) is 4.80. The highest BCUT2D eigenvalue weighted by atomic mass is 32.1. The Bertz CT molecular complexity index is 1250. The molecule has 2 aromatic carbocycles. The molecular weight excluding hydrogens is 442 g/mol. The van der Waals surface area contributed by atoms with E-state index in [1.54, 1.807) is 11.3 Å². The number of hydrogen-bond donors (Lipinski definition) is 1. The van der Waals surface area contributed by atoms with Gasteiger partial charge in [0.15, 0.2) is 0 Å². The zero-order chi connectivity index (χ0) is 22.8. The Kier molecular flexibility index (Phi) is 5.80. The number of carboxylic acid groups (broad SMARTS) is 1. The molecular formula is C24H21N3O5S. The zero-order valence-electron chi connectivity index (χ0n) is 17.8. The van der Waals surface area contributed by atoms with Gasteiger partial charge in [0.2, 0.25) is 5.82 Å². The summed E-state index contributed by atoms with van der Waals surface area (Å²) in [6, 6.07) is 19.2. The van der Waals surface area contributed by atoms with Gasteiger partial charge in [-0.2, -0.15) is 4.98 Å². The molecule has 1 aliphatic heterocycles. The number of benzene rings is 2. The molecule has 0 unspecified atom stereocenters. The Morgan fingerprint density at radius 3 is 2.61 bits per heavy atom. The fourth-order valence-electron chi connectivity index (χ4n) is 3.66. The van der Waals surface area contributed by atoms with Gasteiger partial charge in [-0.3, -0.25) is 4.90 Å². The van der Waals surface area contributed by atoms with Crippen molar-refractivity contribution < 1.29 is 23.9 Å². The minimum absolute atomic E-state index is 0.243. The molecule has 2 aromatic heterocycles. The van der Waals surface area contributed by atoms with Crippen LogP contribution < -0.4 is 4.74 Å². The molecule has 0 bridgehead atoms. The molecule has 9 heteroatoms. The van der Waals surface area contributed by atoms with Gasteiger partial charge in [-0.15, -0.1) is 11.3 Å². The summed E-state index contributed by atoms with van der Waals surface area (Å²) in [5.74, 6) is 2.50. The van der Waals surface area contributed by atoms with Crippen molar-refractivity contribution in [3.8, 4) is 33.7 Å². The second-order valence-electron chi connectivity index (χ2n) is 7.79. The maximum absolute atomic E-state index is 10.6. The fraction of sp³-hybridized carbons (Fsp3) is 0.208. The Morgan fingerprint density at radius 2 is 1.88 bits per heavy atom. The van der Waals surface area contributed by atoms with Crippen LogP contribution in [0.2, 0.25) is 0 Å². The van der Waals surface area contributed by atoms with Crippen LogP contribution in [0.3, 0.4) is 0 Å². The SMILES string of the molecule is Cc1cc(CN2CC(OC(=O)O)C2)sc1-c1noc(-c2ccc(Oc3ccccc3)cc2)n1. The molecule has 1 N–H and O–H groups in total. The number of carbonyl (C=O) groups is 1.